The second-order valence-electron chi connectivity index (χ2n) is 6.02. The number of hydrogen-bond acceptors (Lipinski definition) is 3. The van der Waals surface area contributed by atoms with Gasteiger partial charge in [-0.05, 0) is 67.1 Å². The van der Waals surface area contributed by atoms with Gasteiger partial charge in [0.25, 0.3) is 5.91 Å². The third-order valence-corrected chi connectivity index (χ3v) is 4.42. The van der Waals surface area contributed by atoms with Crippen molar-refractivity contribution in [1.29, 1.82) is 0 Å². The molecule has 136 valence electrons. The van der Waals surface area contributed by atoms with Gasteiger partial charge in [-0.2, -0.15) is 0 Å². The van der Waals surface area contributed by atoms with Crippen LogP contribution in [0.25, 0.3) is 0 Å². The van der Waals surface area contributed by atoms with Crippen LogP contribution in [0.1, 0.15) is 26.3 Å². The van der Waals surface area contributed by atoms with Gasteiger partial charge in [0.2, 0.25) is 0 Å². The minimum absolute atomic E-state index is 0.0726. The van der Waals surface area contributed by atoms with Crippen LogP contribution in [0.15, 0.2) is 72.8 Å². The second-order valence-corrected chi connectivity index (χ2v) is 6.43. The molecule has 3 aromatic rings. The lowest BCUT2D eigenvalue weighted by Gasteiger charge is -2.08. The molecular weight excluding hydrogens is 362 g/mol. The van der Waals surface area contributed by atoms with Gasteiger partial charge in [0.1, 0.15) is 5.75 Å². The maximum Gasteiger partial charge on any atom is 0.255 e. The number of halogens is 1. The zero-order valence-corrected chi connectivity index (χ0v) is 15.5. The largest absolute Gasteiger partial charge is 0.485 e. The number of benzene rings is 3. The molecule has 5 heteroatoms. The van der Waals surface area contributed by atoms with E-state index in [0.29, 0.717) is 27.6 Å². The van der Waals surface area contributed by atoms with Crippen molar-refractivity contribution >= 4 is 29.0 Å². The summed E-state index contributed by atoms with van der Waals surface area (Å²) >= 11 is 5.98. The van der Waals surface area contributed by atoms with Gasteiger partial charge in [-0.25, -0.2) is 0 Å². The van der Waals surface area contributed by atoms with E-state index in [0.717, 1.165) is 5.56 Å². The zero-order valence-electron chi connectivity index (χ0n) is 14.7. The molecule has 0 saturated heterocycles. The molecule has 0 aliphatic heterocycles. The van der Waals surface area contributed by atoms with E-state index >= 15 is 0 Å². The number of hydrogen-bond donors (Lipinski definition) is 1. The van der Waals surface area contributed by atoms with Gasteiger partial charge < -0.3 is 10.1 Å². The molecule has 0 radical (unpaired) electrons. The first-order chi connectivity index (χ1) is 13.0. The monoisotopic (exact) mass is 379 g/mol. The maximum atomic E-state index is 12.3. The predicted octanol–water partition coefficient (Wildman–Crippen LogP) is 5.16. The van der Waals surface area contributed by atoms with Crippen LogP contribution in [0.2, 0.25) is 5.02 Å². The number of ether oxygens (including phenoxy) is 1. The number of anilines is 1. The SMILES string of the molecule is Cc1cc(OCC(=O)c2ccc(NC(=O)c3ccccc3)cc2)ccc1Cl. The third kappa shape index (κ3) is 4.96. The Hall–Kier alpha value is -3.11. The topological polar surface area (TPSA) is 55.4 Å². The molecule has 0 aromatic heterocycles. The maximum absolute atomic E-state index is 12.3. The van der Waals surface area contributed by atoms with E-state index in [4.69, 9.17) is 16.3 Å². The fraction of sp³-hybridized carbons (Fsp3) is 0.0909. The average molecular weight is 380 g/mol. The summed E-state index contributed by atoms with van der Waals surface area (Å²) in [6.07, 6.45) is 0. The zero-order chi connectivity index (χ0) is 19.2. The van der Waals surface area contributed by atoms with E-state index in [1.54, 1.807) is 66.7 Å². The number of rotatable bonds is 6. The van der Waals surface area contributed by atoms with Crippen LogP contribution in [0.5, 0.6) is 5.75 Å². The summed E-state index contributed by atoms with van der Waals surface area (Å²) < 4.78 is 5.53. The summed E-state index contributed by atoms with van der Waals surface area (Å²) in [5.41, 5.74) is 2.59. The van der Waals surface area contributed by atoms with Crippen LogP contribution < -0.4 is 10.1 Å². The number of ketones is 1. The van der Waals surface area contributed by atoms with E-state index in [9.17, 15) is 9.59 Å². The van der Waals surface area contributed by atoms with Crippen molar-refractivity contribution < 1.29 is 14.3 Å². The first-order valence-electron chi connectivity index (χ1n) is 8.41. The van der Waals surface area contributed by atoms with Crippen molar-refractivity contribution in [2.24, 2.45) is 0 Å². The highest BCUT2D eigenvalue weighted by Gasteiger charge is 2.09. The smallest absolute Gasteiger partial charge is 0.255 e. The molecule has 0 saturated carbocycles. The minimum atomic E-state index is -0.198. The molecule has 3 aromatic carbocycles. The summed E-state index contributed by atoms with van der Waals surface area (Å²) in [6, 6.07) is 20.9. The number of amides is 1. The first-order valence-corrected chi connectivity index (χ1v) is 8.79. The van der Waals surface area contributed by atoms with Crippen LogP contribution in [-0.4, -0.2) is 18.3 Å². The lowest BCUT2D eigenvalue weighted by atomic mass is 10.1. The normalized spacial score (nSPS) is 10.3. The van der Waals surface area contributed by atoms with Crippen molar-refractivity contribution in [3.63, 3.8) is 0 Å². The van der Waals surface area contributed by atoms with E-state index in [1.165, 1.54) is 0 Å². The third-order valence-electron chi connectivity index (χ3n) is 4.00. The molecule has 3 rings (SSSR count). The average Bonchev–Trinajstić information content (AvgIpc) is 2.70. The number of aryl methyl sites for hydroxylation is 1. The Balaban J connectivity index is 1.58. The molecule has 1 N–H and O–H groups in total. The Bertz CT molecular complexity index is 953. The predicted molar refractivity (Wildman–Crippen MR) is 107 cm³/mol. The molecule has 0 heterocycles. The molecule has 0 spiro atoms. The minimum Gasteiger partial charge on any atom is -0.485 e. The van der Waals surface area contributed by atoms with Gasteiger partial charge in [0, 0.05) is 21.8 Å². The van der Waals surface area contributed by atoms with Gasteiger partial charge >= 0.3 is 0 Å². The number of Topliss-reactive ketones (excluding diaryl/α,β-unsaturated/α-hetero) is 1. The quantitative estimate of drug-likeness (QED) is 0.601. The van der Waals surface area contributed by atoms with Gasteiger partial charge in [0.15, 0.2) is 12.4 Å². The Kier molecular flexibility index (Phi) is 5.89. The molecule has 1 amide bonds. The first kappa shape index (κ1) is 18.7. The van der Waals surface area contributed by atoms with Gasteiger partial charge in [-0.15, -0.1) is 0 Å². The number of nitrogens with one attached hydrogen (secondary N) is 1. The van der Waals surface area contributed by atoms with Crippen molar-refractivity contribution in [1.82, 2.24) is 0 Å². The summed E-state index contributed by atoms with van der Waals surface area (Å²) in [4.78, 5) is 24.4. The molecular formula is C22H18ClNO3. The Morgan fingerprint density at radius 2 is 1.63 bits per heavy atom. The van der Waals surface area contributed by atoms with Gasteiger partial charge in [0.05, 0.1) is 0 Å². The Morgan fingerprint density at radius 1 is 0.926 bits per heavy atom. The lowest BCUT2D eigenvalue weighted by Crippen LogP contribution is -2.13. The summed E-state index contributed by atoms with van der Waals surface area (Å²) in [5.74, 6) is 0.247. The van der Waals surface area contributed by atoms with Crippen LogP contribution in [0, 0.1) is 6.92 Å². The van der Waals surface area contributed by atoms with Crippen molar-refractivity contribution in [2.45, 2.75) is 6.92 Å². The molecule has 0 bridgehead atoms. The van der Waals surface area contributed by atoms with Crippen molar-refractivity contribution in [3.8, 4) is 5.75 Å². The standard InChI is InChI=1S/C22H18ClNO3/c1-15-13-19(11-12-20(15)23)27-14-21(25)16-7-9-18(10-8-16)24-22(26)17-5-3-2-4-6-17/h2-13H,14H2,1H3,(H,24,26). The number of carbonyl (C=O) groups is 2. The molecule has 0 aliphatic carbocycles. The van der Waals surface area contributed by atoms with E-state index in [1.807, 2.05) is 13.0 Å². The second kappa shape index (κ2) is 8.52. The highest BCUT2D eigenvalue weighted by molar-refractivity contribution is 6.31. The lowest BCUT2D eigenvalue weighted by molar-refractivity contribution is 0.0921. The van der Waals surface area contributed by atoms with E-state index in [2.05, 4.69) is 5.32 Å². The molecule has 0 atom stereocenters. The van der Waals surface area contributed by atoms with Crippen molar-refractivity contribution in [3.05, 3.63) is 94.5 Å². The van der Waals surface area contributed by atoms with Crippen molar-refractivity contribution in [2.75, 3.05) is 11.9 Å². The fourth-order valence-corrected chi connectivity index (χ4v) is 2.59. The van der Waals surface area contributed by atoms with Gasteiger partial charge in [-0.3, -0.25) is 9.59 Å². The molecule has 0 aliphatic rings. The van der Waals surface area contributed by atoms with E-state index < -0.39 is 0 Å². The molecule has 0 unspecified atom stereocenters. The number of carbonyl (C=O) groups excluding carboxylic acids is 2. The molecule has 4 nitrogen and oxygen atoms in total. The Morgan fingerprint density at radius 3 is 2.30 bits per heavy atom. The van der Waals surface area contributed by atoms with Crippen LogP contribution in [-0.2, 0) is 0 Å². The molecule has 0 fully saturated rings. The summed E-state index contributed by atoms with van der Waals surface area (Å²) in [6.45, 7) is 1.80. The van der Waals surface area contributed by atoms with Crippen LogP contribution in [0.3, 0.4) is 0 Å². The summed E-state index contributed by atoms with van der Waals surface area (Å²) in [7, 11) is 0. The molecule has 27 heavy (non-hydrogen) atoms. The highest BCUT2D eigenvalue weighted by atomic mass is 35.5. The summed E-state index contributed by atoms with van der Waals surface area (Å²) in [5, 5.41) is 3.45. The van der Waals surface area contributed by atoms with Gasteiger partial charge in [-0.1, -0.05) is 29.8 Å². The highest BCUT2D eigenvalue weighted by Crippen LogP contribution is 2.21. The van der Waals surface area contributed by atoms with Crippen LogP contribution in [0.4, 0.5) is 5.69 Å². The van der Waals surface area contributed by atoms with E-state index in [-0.39, 0.29) is 18.3 Å². The Labute approximate surface area is 162 Å². The fourth-order valence-electron chi connectivity index (χ4n) is 2.47. The van der Waals surface area contributed by atoms with Crippen LogP contribution >= 0.6 is 11.6 Å².